The average Bonchev–Trinajstić information content (AvgIpc) is 3.52. The van der Waals surface area contributed by atoms with Gasteiger partial charge in [0.2, 0.25) is 0 Å². The van der Waals surface area contributed by atoms with Gasteiger partial charge in [0.1, 0.15) is 0 Å². The standard InChI is InChI=1S/C21H28N4O/c1-22-21(25-12-9-18(10-13-25)26-15-16-6-7-16)24-14-20-19-5-3-2-4-17(19)8-11-23-20/h2-5,8,11,16,18H,6-7,9-10,12-15H2,1H3,(H,22,24). The van der Waals surface area contributed by atoms with Gasteiger partial charge in [-0.05, 0) is 43.1 Å². The number of hydrogen-bond acceptors (Lipinski definition) is 3. The van der Waals surface area contributed by atoms with Gasteiger partial charge >= 0.3 is 0 Å². The third-order valence-corrected chi connectivity index (χ3v) is 5.39. The molecule has 4 rings (SSSR count). The van der Waals surface area contributed by atoms with Crippen LogP contribution in [0.5, 0.6) is 0 Å². The summed E-state index contributed by atoms with van der Waals surface area (Å²) in [5, 5.41) is 5.92. The molecule has 0 bridgehead atoms. The molecule has 5 nitrogen and oxygen atoms in total. The van der Waals surface area contributed by atoms with E-state index in [2.05, 4.69) is 50.5 Å². The fourth-order valence-electron chi connectivity index (χ4n) is 3.61. The number of aliphatic imine (C=N–C) groups is 1. The van der Waals surface area contributed by atoms with Crippen LogP contribution in [0.15, 0.2) is 41.5 Å². The average molecular weight is 352 g/mol. The van der Waals surface area contributed by atoms with Crippen LogP contribution in [0.4, 0.5) is 0 Å². The molecule has 26 heavy (non-hydrogen) atoms. The van der Waals surface area contributed by atoms with Crippen molar-refractivity contribution in [1.82, 2.24) is 15.2 Å². The van der Waals surface area contributed by atoms with Gasteiger partial charge in [-0.2, -0.15) is 0 Å². The first kappa shape index (κ1) is 17.3. The minimum Gasteiger partial charge on any atom is -0.378 e. The van der Waals surface area contributed by atoms with Crippen molar-refractivity contribution in [2.45, 2.75) is 38.3 Å². The molecule has 2 fully saturated rings. The highest BCUT2D eigenvalue weighted by Gasteiger charge is 2.26. The Balaban J connectivity index is 1.32. The zero-order chi connectivity index (χ0) is 17.8. The second-order valence-corrected chi connectivity index (χ2v) is 7.34. The van der Waals surface area contributed by atoms with E-state index in [4.69, 9.17) is 4.74 Å². The first-order valence-corrected chi connectivity index (χ1v) is 9.73. The lowest BCUT2D eigenvalue weighted by Crippen LogP contribution is -2.46. The van der Waals surface area contributed by atoms with Gasteiger partial charge in [0.05, 0.1) is 18.3 Å². The van der Waals surface area contributed by atoms with Gasteiger partial charge in [0, 0.05) is 38.3 Å². The molecule has 5 heteroatoms. The molecule has 2 heterocycles. The fraction of sp³-hybridized carbons (Fsp3) is 0.524. The Morgan fingerprint density at radius 2 is 2.00 bits per heavy atom. The Hall–Kier alpha value is -2.14. The van der Waals surface area contributed by atoms with Crippen LogP contribution in [0.1, 0.15) is 31.4 Å². The Kier molecular flexibility index (Phi) is 5.34. The molecule has 1 saturated heterocycles. The number of likely N-dealkylation sites (tertiary alicyclic amines) is 1. The molecule has 1 N–H and O–H groups in total. The number of hydrogen-bond donors (Lipinski definition) is 1. The summed E-state index contributed by atoms with van der Waals surface area (Å²) >= 11 is 0. The van der Waals surface area contributed by atoms with Gasteiger partial charge in [0.15, 0.2) is 5.96 Å². The molecule has 0 unspecified atom stereocenters. The summed E-state index contributed by atoms with van der Waals surface area (Å²) in [6.45, 7) is 3.65. The lowest BCUT2D eigenvalue weighted by molar-refractivity contribution is 0.0131. The van der Waals surface area contributed by atoms with Crippen molar-refractivity contribution in [3.8, 4) is 0 Å². The zero-order valence-electron chi connectivity index (χ0n) is 15.5. The maximum Gasteiger partial charge on any atom is 0.193 e. The molecule has 1 aliphatic carbocycles. The van der Waals surface area contributed by atoms with Crippen LogP contribution in [0.25, 0.3) is 10.8 Å². The lowest BCUT2D eigenvalue weighted by Gasteiger charge is -2.34. The predicted octanol–water partition coefficient (Wildman–Crippen LogP) is 3.20. The van der Waals surface area contributed by atoms with Crippen LogP contribution >= 0.6 is 0 Å². The SMILES string of the molecule is CN=C(NCc1nccc2ccccc12)N1CCC(OCC2CC2)CC1. The molecule has 1 aromatic carbocycles. The topological polar surface area (TPSA) is 49.8 Å². The van der Waals surface area contributed by atoms with Crippen molar-refractivity contribution in [2.24, 2.45) is 10.9 Å². The Morgan fingerprint density at radius 1 is 1.19 bits per heavy atom. The van der Waals surface area contributed by atoms with Gasteiger partial charge in [-0.15, -0.1) is 0 Å². The number of nitrogens with one attached hydrogen (secondary N) is 1. The summed E-state index contributed by atoms with van der Waals surface area (Å²) in [5.41, 5.74) is 1.06. The smallest absolute Gasteiger partial charge is 0.193 e. The van der Waals surface area contributed by atoms with Crippen LogP contribution < -0.4 is 5.32 Å². The number of guanidine groups is 1. The van der Waals surface area contributed by atoms with Crippen LogP contribution in [0.3, 0.4) is 0 Å². The van der Waals surface area contributed by atoms with E-state index < -0.39 is 0 Å². The quantitative estimate of drug-likeness (QED) is 0.663. The van der Waals surface area contributed by atoms with E-state index >= 15 is 0 Å². The van der Waals surface area contributed by atoms with Crippen molar-refractivity contribution < 1.29 is 4.74 Å². The maximum atomic E-state index is 6.05. The van der Waals surface area contributed by atoms with E-state index in [9.17, 15) is 0 Å². The second kappa shape index (κ2) is 8.04. The number of pyridine rings is 1. The first-order valence-electron chi connectivity index (χ1n) is 9.73. The van der Waals surface area contributed by atoms with E-state index in [0.717, 1.165) is 50.1 Å². The van der Waals surface area contributed by atoms with Crippen LogP contribution in [0.2, 0.25) is 0 Å². The molecule has 1 aliphatic heterocycles. The van der Waals surface area contributed by atoms with Crippen LogP contribution in [-0.4, -0.2) is 48.7 Å². The number of nitrogens with zero attached hydrogens (tertiary/aromatic N) is 3. The second-order valence-electron chi connectivity index (χ2n) is 7.34. The first-order chi connectivity index (χ1) is 12.8. The third kappa shape index (κ3) is 4.15. The van der Waals surface area contributed by atoms with Crippen molar-refractivity contribution in [2.75, 3.05) is 26.7 Å². The molecule has 1 aromatic heterocycles. The summed E-state index contributed by atoms with van der Waals surface area (Å²) < 4.78 is 6.05. The molecule has 0 amide bonds. The monoisotopic (exact) mass is 352 g/mol. The Labute approximate surface area is 155 Å². The van der Waals surface area contributed by atoms with E-state index in [0.29, 0.717) is 12.6 Å². The predicted molar refractivity (Wildman–Crippen MR) is 105 cm³/mol. The summed E-state index contributed by atoms with van der Waals surface area (Å²) in [6.07, 6.45) is 7.18. The summed E-state index contributed by atoms with van der Waals surface area (Å²) in [6, 6.07) is 10.4. The van der Waals surface area contributed by atoms with E-state index in [1.165, 1.54) is 23.6 Å². The molecular formula is C21H28N4O. The number of aromatic nitrogens is 1. The minimum atomic E-state index is 0.421. The molecular weight excluding hydrogens is 324 g/mol. The van der Waals surface area contributed by atoms with E-state index in [-0.39, 0.29) is 0 Å². The van der Waals surface area contributed by atoms with Gasteiger partial charge in [-0.3, -0.25) is 9.98 Å². The normalized spacial score (nSPS) is 19.1. The van der Waals surface area contributed by atoms with Gasteiger partial charge in [0.25, 0.3) is 0 Å². The van der Waals surface area contributed by atoms with Crippen LogP contribution in [0, 0.1) is 5.92 Å². The molecule has 0 radical (unpaired) electrons. The molecule has 138 valence electrons. The van der Waals surface area contributed by atoms with Crippen molar-refractivity contribution in [3.05, 3.63) is 42.2 Å². The Morgan fingerprint density at radius 3 is 2.77 bits per heavy atom. The van der Waals surface area contributed by atoms with Gasteiger partial charge in [-0.25, -0.2) is 0 Å². The molecule has 1 saturated carbocycles. The number of ether oxygens (including phenoxy) is 1. The van der Waals surface area contributed by atoms with Crippen molar-refractivity contribution >= 4 is 16.7 Å². The molecule has 2 aromatic rings. The highest BCUT2D eigenvalue weighted by atomic mass is 16.5. The third-order valence-electron chi connectivity index (χ3n) is 5.39. The number of rotatable bonds is 5. The molecule has 0 atom stereocenters. The van der Waals surface area contributed by atoms with Crippen molar-refractivity contribution in [3.63, 3.8) is 0 Å². The summed E-state index contributed by atoms with van der Waals surface area (Å²) in [7, 11) is 1.86. The van der Waals surface area contributed by atoms with Gasteiger partial charge < -0.3 is 15.0 Å². The van der Waals surface area contributed by atoms with Crippen molar-refractivity contribution in [1.29, 1.82) is 0 Å². The summed E-state index contributed by atoms with van der Waals surface area (Å²) in [5.74, 6) is 1.80. The lowest BCUT2D eigenvalue weighted by atomic mass is 10.1. The number of fused-ring (bicyclic) bond motifs is 1. The molecule has 2 aliphatic rings. The largest absolute Gasteiger partial charge is 0.378 e. The van der Waals surface area contributed by atoms with Gasteiger partial charge in [-0.1, -0.05) is 24.3 Å². The highest BCUT2D eigenvalue weighted by Crippen LogP contribution is 2.30. The molecule has 0 spiro atoms. The number of piperidine rings is 1. The highest BCUT2D eigenvalue weighted by molar-refractivity contribution is 5.85. The fourth-order valence-corrected chi connectivity index (χ4v) is 3.61. The number of benzene rings is 1. The Bertz CT molecular complexity index is 758. The van der Waals surface area contributed by atoms with E-state index in [1.54, 1.807) is 0 Å². The zero-order valence-corrected chi connectivity index (χ0v) is 15.5. The summed E-state index contributed by atoms with van der Waals surface area (Å²) in [4.78, 5) is 11.4. The maximum absolute atomic E-state index is 6.05. The minimum absolute atomic E-state index is 0.421. The van der Waals surface area contributed by atoms with E-state index in [1.807, 2.05) is 13.2 Å². The van der Waals surface area contributed by atoms with Crippen LogP contribution in [-0.2, 0) is 11.3 Å².